The molecule has 0 spiro atoms. The highest BCUT2D eigenvalue weighted by molar-refractivity contribution is 7.89. The molecule has 0 aromatic heterocycles. The van der Waals surface area contributed by atoms with Crippen LogP contribution in [0.25, 0.3) is 0 Å². The smallest absolute Gasteiger partial charge is 0.212 e. The van der Waals surface area contributed by atoms with Crippen LogP contribution in [0.1, 0.15) is 40.0 Å². The second-order valence-corrected chi connectivity index (χ2v) is 5.61. The minimum atomic E-state index is -3.24. The molecule has 5 heteroatoms. The maximum absolute atomic E-state index is 11.5. The van der Waals surface area contributed by atoms with E-state index in [1.54, 1.807) is 0 Å². The first kappa shape index (κ1) is 13.9. The Balaban J connectivity index is 4.33. The van der Waals surface area contributed by atoms with E-state index in [1.165, 1.54) is 0 Å². The summed E-state index contributed by atoms with van der Waals surface area (Å²) >= 11 is 0. The molecule has 0 aromatic rings. The van der Waals surface area contributed by atoms with Crippen molar-refractivity contribution in [2.45, 2.75) is 45.6 Å². The van der Waals surface area contributed by atoms with Crippen molar-refractivity contribution < 1.29 is 13.5 Å². The molecule has 0 fully saturated rings. The van der Waals surface area contributed by atoms with Crippen LogP contribution in [0, 0.1) is 0 Å². The van der Waals surface area contributed by atoms with E-state index >= 15 is 0 Å². The van der Waals surface area contributed by atoms with Crippen molar-refractivity contribution in [2.75, 3.05) is 12.4 Å². The summed E-state index contributed by atoms with van der Waals surface area (Å²) in [6, 6.07) is 0. The lowest BCUT2D eigenvalue weighted by atomic mass is 9.98. The van der Waals surface area contributed by atoms with Gasteiger partial charge in [-0.2, -0.15) is 0 Å². The number of hydrogen-bond acceptors (Lipinski definition) is 3. The fraction of sp³-hybridized carbons (Fsp3) is 1.00. The fourth-order valence-electron chi connectivity index (χ4n) is 1.08. The van der Waals surface area contributed by atoms with E-state index in [0.29, 0.717) is 6.42 Å². The van der Waals surface area contributed by atoms with Crippen molar-refractivity contribution in [3.63, 3.8) is 0 Å². The quantitative estimate of drug-likeness (QED) is 0.673. The van der Waals surface area contributed by atoms with Gasteiger partial charge in [-0.15, -0.1) is 0 Å². The Morgan fingerprint density at radius 2 is 1.79 bits per heavy atom. The minimum absolute atomic E-state index is 0.000903. The average molecular weight is 223 g/mol. The summed E-state index contributed by atoms with van der Waals surface area (Å²) in [6.45, 7) is 5.72. The van der Waals surface area contributed by atoms with Crippen LogP contribution in [0.4, 0.5) is 0 Å². The van der Waals surface area contributed by atoms with E-state index in [-0.39, 0.29) is 17.9 Å². The number of aliphatic hydroxyl groups is 1. The third-order valence-corrected chi connectivity index (χ3v) is 4.16. The number of hydrogen-bond donors (Lipinski definition) is 2. The Kier molecular flexibility index (Phi) is 5.63. The molecule has 0 saturated heterocycles. The topological polar surface area (TPSA) is 66.4 Å². The van der Waals surface area contributed by atoms with Crippen molar-refractivity contribution in [1.82, 2.24) is 4.72 Å². The molecule has 0 bridgehead atoms. The third kappa shape index (κ3) is 4.93. The van der Waals surface area contributed by atoms with Gasteiger partial charge in [0.2, 0.25) is 10.0 Å². The molecule has 0 radical (unpaired) electrons. The van der Waals surface area contributed by atoms with Crippen molar-refractivity contribution >= 4 is 10.0 Å². The molecular formula is C9H21NO3S. The van der Waals surface area contributed by atoms with E-state index < -0.39 is 10.0 Å². The molecular weight excluding hydrogens is 202 g/mol. The normalized spacial score (nSPS) is 13.1. The largest absolute Gasteiger partial charge is 0.396 e. The summed E-state index contributed by atoms with van der Waals surface area (Å²) in [7, 11) is -3.24. The lowest BCUT2D eigenvalue weighted by Crippen LogP contribution is -2.45. The predicted molar refractivity (Wildman–Crippen MR) is 57.6 cm³/mol. The summed E-state index contributed by atoms with van der Waals surface area (Å²) in [6.07, 6.45) is 1.82. The Labute approximate surface area is 86.8 Å². The van der Waals surface area contributed by atoms with Gasteiger partial charge in [0.05, 0.1) is 5.75 Å². The van der Waals surface area contributed by atoms with Gasteiger partial charge >= 0.3 is 0 Å². The lowest BCUT2D eigenvalue weighted by Gasteiger charge is -2.27. The molecule has 86 valence electrons. The highest BCUT2D eigenvalue weighted by Gasteiger charge is 2.25. The molecule has 0 unspecified atom stereocenters. The van der Waals surface area contributed by atoms with Crippen LogP contribution in [0.5, 0.6) is 0 Å². The number of sulfonamides is 1. The molecule has 4 nitrogen and oxygen atoms in total. The van der Waals surface area contributed by atoms with Gasteiger partial charge < -0.3 is 5.11 Å². The monoisotopic (exact) mass is 223 g/mol. The van der Waals surface area contributed by atoms with Crippen LogP contribution in [0.2, 0.25) is 0 Å². The van der Waals surface area contributed by atoms with Crippen LogP contribution in [0.3, 0.4) is 0 Å². The SMILES string of the molecule is CCC(C)(CC)NS(=O)(=O)CCCO. The van der Waals surface area contributed by atoms with E-state index in [9.17, 15) is 8.42 Å². The molecule has 0 amide bonds. The summed E-state index contributed by atoms with van der Waals surface area (Å²) < 4.78 is 25.7. The van der Waals surface area contributed by atoms with Gasteiger partial charge in [0.15, 0.2) is 0 Å². The van der Waals surface area contributed by atoms with Crippen molar-refractivity contribution in [2.24, 2.45) is 0 Å². The Morgan fingerprint density at radius 1 is 1.29 bits per heavy atom. The molecule has 0 saturated carbocycles. The van der Waals surface area contributed by atoms with Gasteiger partial charge in [0.1, 0.15) is 0 Å². The molecule has 0 atom stereocenters. The summed E-state index contributed by atoms with van der Waals surface area (Å²) in [5.74, 6) is -0.000903. The zero-order valence-corrected chi connectivity index (χ0v) is 10.0. The van der Waals surface area contributed by atoms with Crippen LogP contribution < -0.4 is 4.72 Å². The van der Waals surface area contributed by atoms with Crippen LogP contribution in [-0.4, -0.2) is 31.4 Å². The molecule has 0 aliphatic heterocycles. The molecule has 0 aromatic carbocycles. The molecule has 0 rings (SSSR count). The first-order chi connectivity index (χ1) is 6.39. The standard InChI is InChI=1S/C9H21NO3S/c1-4-9(3,5-2)10-14(12,13)8-6-7-11/h10-11H,4-8H2,1-3H3. The second kappa shape index (κ2) is 5.68. The maximum atomic E-state index is 11.5. The van der Waals surface area contributed by atoms with Gasteiger partial charge in [-0.3, -0.25) is 0 Å². The lowest BCUT2D eigenvalue weighted by molar-refractivity contribution is 0.294. The first-order valence-corrected chi connectivity index (χ1v) is 6.67. The van der Waals surface area contributed by atoms with E-state index in [1.807, 2.05) is 20.8 Å². The third-order valence-electron chi connectivity index (χ3n) is 2.53. The maximum Gasteiger partial charge on any atom is 0.212 e. The van der Waals surface area contributed by atoms with Crippen LogP contribution >= 0.6 is 0 Å². The zero-order valence-electron chi connectivity index (χ0n) is 9.21. The fourth-order valence-corrected chi connectivity index (χ4v) is 2.73. The van der Waals surface area contributed by atoms with Gasteiger partial charge in [0.25, 0.3) is 0 Å². The molecule has 0 aliphatic rings. The minimum Gasteiger partial charge on any atom is -0.396 e. The number of aliphatic hydroxyl groups excluding tert-OH is 1. The molecule has 14 heavy (non-hydrogen) atoms. The summed E-state index contributed by atoms with van der Waals surface area (Å²) in [5, 5.41) is 8.55. The molecule has 0 aliphatic carbocycles. The van der Waals surface area contributed by atoms with E-state index in [0.717, 1.165) is 12.8 Å². The van der Waals surface area contributed by atoms with Gasteiger partial charge in [-0.05, 0) is 26.2 Å². The van der Waals surface area contributed by atoms with Crippen molar-refractivity contribution in [3.05, 3.63) is 0 Å². The first-order valence-electron chi connectivity index (χ1n) is 5.01. The van der Waals surface area contributed by atoms with Crippen LogP contribution in [-0.2, 0) is 10.0 Å². The zero-order chi connectivity index (χ0) is 11.2. The highest BCUT2D eigenvalue weighted by atomic mass is 32.2. The number of nitrogens with one attached hydrogen (secondary N) is 1. The Hall–Kier alpha value is -0.130. The summed E-state index contributed by atoms with van der Waals surface area (Å²) in [4.78, 5) is 0. The van der Waals surface area contributed by atoms with Crippen molar-refractivity contribution in [1.29, 1.82) is 0 Å². The Morgan fingerprint density at radius 3 is 2.14 bits per heavy atom. The van der Waals surface area contributed by atoms with Crippen LogP contribution in [0.15, 0.2) is 0 Å². The molecule has 0 heterocycles. The van der Waals surface area contributed by atoms with Crippen molar-refractivity contribution in [3.8, 4) is 0 Å². The Bertz CT molecular complexity index is 245. The second-order valence-electron chi connectivity index (χ2n) is 3.77. The average Bonchev–Trinajstić information content (AvgIpc) is 2.14. The van der Waals surface area contributed by atoms with Gasteiger partial charge in [0, 0.05) is 12.1 Å². The predicted octanol–water partition coefficient (Wildman–Crippen LogP) is 0.867. The highest BCUT2D eigenvalue weighted by Crippen LogP contribution is 2.15. The summed E-state index contributed by atoms with van der Waals surface area (Å²) in [5.41, 5.74) is -0.353. The number of rotatable bonds is 7. The molecule has 2 N–H and O–H groups in total. The van der Waals surface area contributed by atoms with E-state index in [4.69, 9.17) is 5.11 Å². The van der Waals surface area contributed by atoms with Gasteiger partial charge in [-0.1, -0.05) is 13.8 Å². The van der Waals surface area contributed by atoms with E-state index in [2.05, 4.69) is 4.72 Å². The van der Waals surface area contributed by atoms with Gasteiger partial charge in [-0.25, -0.2) is 13.1 Å².